The van der Waals surface area contributed by atoms with Gasteiger partial charge in [0.2, 0.25) is 0 Å². The molecule has 0 aromatic rings. The topological polar surface area (TPSA) is 20.2 Å². The van der Waals surface area contributed by atoms with Gasteiger partial charge in [0.1, 0.15) is 7.85 Å². The SMILES string of the molecule is [B]C(O)C(C)C. The summed E-state index contributed by atoms with van der Waals surface area (Å²) >= 11 is 0. The minimum Gasteiger partial charge on any atom is -0.403 e. The minimum absolute atomic E-state index is 0.185. The molecule has 0 saturated carbocycles. The maximum Gasteiger partial charge on any atom is 0.108 e. The monoisotopic (exact) mass is 84.1 g/mol. The molecule has 0 spiro atoms. The third-order valence-corrected chi connectivity index (χ3v) is 0.683. The van der Waals surface area contributed by atoms with Crippen LogP contribution >= 0.6 is 0 Å². The van der Waals surface area contributed by atoms with Crippen LogP contribution in [0.4, 0.5) is 0 Å². The van der Waals surface area contributed by atoms with Crippen molar-refractivity contribution in [3.05, 3.63) is 0 Å². The van der Waals surface area contributed by atoms with Crippen LogP contribution in [0.2, 0.25) is 0 Å². The van der Waals surface area contributed by atoms with Crippen LogP contribution in [0.5, 0.6) is 0 Å². The van der Waals surface area contributed by atoms with E-state index in [1.165, 1.54) is 0 Å². The largest absolute Gasteiger partial charge is 0.403 e. The average Bonchev–Trinajstić information content (AvgIpc) is 1.36. The Labute approximate surface area is 39.8 Å². The maximum atomic E-state index is 8.41. The summed E-state index contributed by atoms with van der Waals surface area (Å²) in [6.07, 6.45) is 0. The van der Waals surface area contributed by atoms with Gasteiger partial charge in [-0.3, -0.25) is 0 Å². The molecule has 0 fully saturated rings. The van der Waals surface area contributed by atoms with Crippen molar-refractivity contribution in [3.8, 4) is 0 Å². The molecule has 0 bridgehead atoms. The van der Waals surface area contributed by atoms with Gasteiger partial charge in [-0.1, -0.05) is 13.8 Å². The zero-order valence-corrected chi connectivity index (χ0v) is 4.18. The molecule has 0 aromatic heterocycles. The number of hydrogen-bond acceptors (Lipinski definition) is 1. The van der Waals surface area contributed by atoms with E-state index >= 15 is 0 Å². The number of rotatable bonds is 1. The van der Waals surface area contributed by atoms with E-state index in [2.05, 4.69) is 0 Å². The van der Waals surface area contributed by atoms with E-state index in [1.807, 2.05) is 13.8 Å². The molecular formula is C4H9BO. The molecule has 34 valence electrons. The fraction of sp³-hybridized carbons (Fsp3) is 1.00. The molecule has 0 aliphatic carbocycles. The lowest BCUT2D eigenvalue weighted by atomic mass is 9.90. The van der Waals surface area contributed by atoms with Gasteiger partial charge in [-0.05, 0) is 5.92 Å². The summed E-state index contributed by atoms with van der Waals surface area (Å²) < 4.78 is 0. The molecule has 0 aromatic carbocycles. The van der Waals surface area contributed by atoms with Crippen LogP contribution in [-0.4, -0.2) is 19.0 Å². The van der Waals surface area contributed by atoms with Crippen molar-refractivity contribution in [3.63, 3.8) is 0 Å². The fourth-order valence-corrected chi connectivity index (χ4v) is 0. The van der Waals surface area contributed by atoms with Crippen LogP contribution in [0.25, 0.3) is 0 Å². The van der Waals surface area contributed by atoms with Crippen LogP contribution in [0.1, 0.15) is 13.8 Å². The Kier molecular flexibility index (Phi) is 2.25. The standard InChI is InChI=1S/C4H9BO/c1-3(2)4(5)6/h3-4,6H,1-2H3. The molecule has 0 heterocycles. The zero-order valence-electron chi connectivity index (χ0n) is 4.18. The molecule has 2 radical (unpaired) electrons. The van der Waals surface area contributed by atoms with E-state index in [0.717, 1.165) is 0 Å². The molecule has 0 amide bonds. The molecule has 0 aliphatic rings. The van der Waals surface area contributed by atoms with Crippen molar-refractivity contribution < 1.29 is 5.11 Å². The van der Waals surface area contributed by atoms with Gasteiger partial charge < -0.3 is 5.11 Å². The smallest absolute Gasteiger partial charge is 0.108 e. The Morgan fingerprint density at radius 3 is 1.67 bits per heavy atom. The Hall–Kier alpha value is 0.0249. The highest BCUT2D eigenvalue weighted by Crippen LogP contribution is 1.93. The summed E-state index contributed by atoms with van der Waals surface area (Å²) in [4.78, 5) is 0. The molecule has 0 aliphatic heterocycles. The molecule has 2 heteroatoms. The summed E-state index contributed by atoms with van der Waals surface area (Å²) in [6, 6.07) is -0.648. The third-order valence-electron chi connectivity index (χ3n) is 0.683. The van der Waals surface area contributed by atoms with Gasteiger partial charge in [0.15, 0.2) is 0 Å². The van der Waals surface area contributed by atoms with E-state index in [0.29, 0.717) is 0 Å². The highest BCUT2D eigenvalue weighted by atomic mass is 16.3. The van der Waals surface area contributed by atoms with Gasteiger partial charge >= 0.3 is 0 Å². The summed E-state index contributed by atoms with van der Waals surface area (Å²) in [5.41, 5.74) is 0. The van der Waals surface area contributed by atoms with E-state index in [-0.39, 0.29) is 5.92 Å². The second-order valence-electron chi connectivity index (χ2n) is 1.73. The van der Waals surface area contributed by atoms with Crippen molar-refractivity contribution in [1.29, 1.82) is 0 Å². The van der Waals surface area contributed by atoms with E-state index in [9.17, 15) is 0 Å². The first-order valence-corrected chi connectivity index (χ1v) is 2.08. The second-order valence-corrected chi connectivity index (χ2v) is 1.73. The maximum absolute atomic E-state index is 8.41. The van der Waals surface area contributed by atoms with Crippen LogP contribution < -0.4 is 0 Å². The predicted octanol–water partition coefficient (Wildman–Crippen LogP) is 0.129. The predicted molar refractivity (Wildman–Crippen MR) is 26.6 cm³/mol. The zero-order chi connectivity index (χ0) is 5.15. The summed E-state index contributed by atoms with van der Waals surface area (Å²) in [5, 5.41) is 8.41. The van der Waals surface area contributed by atoms with E-state index in [4.69, 9.17) is 13.0 Å². The lowest BCUT2D eigenvalue weighted by Crippen LogP contribution is -2.12. The molecule has 0 rings (SSSR count). The van der Waals surface area contributed by atoms with Gasteiger partial charge in [-0.25, -0.2) is 0 Å². The molecule has 1 nitrogen and oxygen atoms in total. The molecule has 1 N–H and O–H groups in total. The van der Waals surface area contributed by atoms with Crippen LogP contribution in [-0.2, 0) is 0 Å². The van der Waals surface area contributed by atoms with E-state index in [1.54, 1.807) is 0 Å². The molecule has 6 heavy (non-hydrogen) atoms. The third kappa shape index (κ3) is 2.27. The second kappa shape index (κ2) is 2.24. The fourth-order valence-electron chi connectivity index (χ4n) is 0. The van der Waals surface area contributed by atoms with E-state index < -0.39 is 6.00 Å². The Morgan fingerprint density at radius 2 is 1.67 bits per heavy atom. The van der Waals surface area contributed by atoms with Gasteiger partial charge in [0, 0.05) is 6.00 Å². The normalized spacial score (nSPS) is 15.3. The average molecular weight is 83.9 g/mol. The minimum atomic E-state index is -0.648. The van der Waals surface area contributed by atoms with Crippen LogP contribution in [0, 0.1) is 5.92 Å². The molecular weight excluding hydrogens is 74.9 g/mol. The van der Waals surface area contributed by atoms with Crippen LogP contribution in [0.15, 0.2) is 0 Å². The van der Waals surface area contributed by atoms with Crippen molar-refractivity contribution in [2.45, 2.75) is 19.9 Å². The summed E-state index contributed by atoms with van der Waals surface area (Å²) in [7, 11) is 4.99. The van der Waals surface area contributed by atoms with Crippen molar-refractivity contribution in [2.24, 2.45) is 5.92 Å². The molecule has 0 saturated heterocycles. The summed E-state index contributed by atoms with van der Waals surface area (Å²) in [5.74, 6) is 0.185. The van der Waals surface area contributed by atoms with Gasteiger partial charge in [-0.2, -0.15) is 0 Å². The van der Waals surface area contributed by atoms with Crippen molar-refractivity contribution in [1.82, 2.24) is 0 Å². The first kappa shape index (κ1) is 6.02. The highest BCUT2D eigenvalue weighted by Gasteiger charge is 1.97. The first-order chi connectivity index (χ1) is 2.64. The number of hydrogen-bond donors (Lipinski definition) is 1. The first-order valence-electron chi connectivity index (χ1n) is 2.08. The Balaban J connectivity index is 2.99. The Bertz CT molecular complexity index is 28.5. The van der Waals surface area contributed by atoms with Crippen molar-refractivity contribution >= 4 is 7.85 Å². The van der Waals surface area contributed by atoms with Gasteiger partial charge in [0.05, 0.1) is 0 Å². The lowest BCUT2D eigenvalue weighted by Gasteiger charge is -2.05. The molecule has 1 unspecified atom stereocenters. The van der Waals surface area contributed by atoms with Crippen LogP contribution in [0.3, 0.4) is 0 Å². The molecule has 1 atom stereocenters. The van der Waals surface area contributed by atoms with Gasteiger partial charge in [-0.15, -0.1) is 0 Å². The Morgan fingerprint density at radius 1 is 1.50 bits per heavy atom. The number of aliphatic hydroxyl groups excluding tert-OH is 1. The lowest BCUT2D eigenvalue weighted by molar-refractivity contribution is 0.204. The summed E-state index contributed by atoms with van der Waals surface area (Å²) in [6.45, 7) is 3.73. The number of aliphatic hydroxyl groups is 1. The van der Waals surface area contributed by atoms with Gasteiger partial charge in [0.25, 0.3) is 0 Å². The quantitative estimate of drug-likeness (QED) is 0.447. The highest BCUT2D eigenvalue weighted by molar-refractivity contribution is 6.10. The van der Waals surface area contributed by atoms with Crippen molar-refractivity contribution in [2.75, 3.05) is 0 Å².